The fraction of sp³-hybridized carbons (Fsp3) is 0.409. The SMILES string of the molecule is CC=C(OCC)c1c(NC(=O)Cc2ccccc2)sc2c1CC(C)(C)OC2. The molecule has 0 radical (unpaired) electrons. The third kappa shape index (κ3) is 4.60. The predicted octanol–water partition coefficient (Wildman–Crippen LogP) is 5.18. The standard InChI is InChI=1S/C22H27NO3S/c1-5-17(25-6-2)20-16-13-22(3,4)26-14-18(16)27-21(20)23-19(24)12-15-10-8-7-9-11-15/h5,7-11H,6,12-14H2,1-4H3,(H,23,24). The summed E-state index contributed by atoms with van der Waals surface area (Å²) in [6.45, 7) is 9.29. The number of benzene rings is 1. The number of carbonyl (C=O) groups excluding carboxylic acids is 1. The Morgan fingerprint density at radius 3 is 2.74 bits per heavy atom. The van der Waals surface area contributed by atoms with E-state index in [1.807, 2.05) is 50.3 Å². The van der Waals surface area contributed by atoms with Crippen molar-refractivity contribution in [3.05, 3.63) is 58.0 Å². The second kappa shape index (κ2) is 8.28. The minimum atomic E-state index is -0.223. The number of amides is 1. The highest BCUT2D eigenvalue weighted by Gasteiger charge is 2.33. The molecule has 1 aliphatic heterocycles. The minimum absolute atomic E-state index is 0.0202. The summed E-state index contributed by atoms with van der Waals surface area (Å²) in [5.74, 6) is 0.802. The molecule has 1 aromatic heterocycles. The van der Waals surface area contributed by atoms with Gasteiger partial charge in [-0.2, -0.15) is 0 Å². The van der Waals surface area contributed by atoms with Gasteiger partial charge in [-0.3, -0.25) is 4.79 Å². The number of fused-ring (bicyclic) bond motifs is 1. The molecular formula is C22H27NO3S. The average molecular weight is 386 g/mol. The van der Waals surface area contributed by atoms with Crippen molar-refractivity contribution in [2.45, 2.75) is 52.7 Å². The van der Waals surface area contributed by atoms with Crippen LogP contribution in [0.1, 0.15) is 49.3 Å². The first kappa shape index (κ1) is 19.6. The van der Waals surface area contributed by atoms with Gasteiger partial charge >= 0.3 is 0 Å². The van der Waals surface area contributed by atoms with Gasteiger partial charge in [0.2, 0.25) is 5.91 Å². The van der Waals surface area contributed by atoms with E-state index in [0.717, 1.165) is 28.3 Å². The fourth-order valence-electron chi connectivity index (χ4n) is 3.31. The van der Waals surface area contributed by atoms with Gasteiger partial charge < -0.3 is 14.8 Å². The Hall–Kier alpha value is -2.11. The highest BCUT2D eigenvalue weighted by atomic mass is 32.1. The van der Waals surface area contributed by atoms with Crippen LogP contribution in [0.4, 0.5) is 5.00 Å². The van der Waals surface area contributed by atoms with Gasteiger partial charge in [-0.15, -0.1) is 11.3 Å². The van der Waals surface area contributed by atoms with Crippen LogP contribution >= 0.6 is 11.3 Å². The van der Waals surface area contributed by atoms with Crippen LogP contribution in [-0.2, 0) is 33.7 Å². The number of thiophene rings is 1. The number of anilines is 1. The second-order valence-electron chi connectivity index (χ2n) is 7.23. The first-order valence-corrected chi connectivity index (χ1v) is 10.2. The Labute approximate surface area is 165 Å². The summed E-state index contributed by atoms with van der Waals surface area (Å²) in [4.78, 5) is 13.8. The summed E-state index contributed by atoms with van der Waals surface area (Å²) in [6.07, 6.45) is 3.12. The number of allylic oxidation sites excluding steroid dienone is 1. The molecule has 144 valence electrons. The fourth-order valence-corrected chi connectivity index (χ4v) is 4.46. The van der Waals surface area contributed by atoms with E-state index >= 15 is 0 Å². The first-order chi connectivity index (χ1) is 12.9. The molecule has 0 aliphatic carbocycles. The first-order valence-electron chi connectivity index (χ1n) is 9.35. The number of hydrogen-bond donors (Lipinski definition) is 1. The van der Waals surface area contributed by atoms with Gasteiger partial charge in [-0.25, -0.2) is 0 Å². The zero-order chi connectivity index (χ0) is 19.4. The summed E-state index contributed by atoms with van der Waals surface area (Å²) in [6, 6.07) is 9.78. The van der Waals surface area contributed by atoms with Gasteiger partial charge in [0.15, 0.2) is 0 Å². The highest BCUT2D eigenvalue weighted by Crippen LogP contribution is 2.43. The Balaban J connectivity index is 1.92. The molecule has 2 aromatic rings. The quantitative estimate of drug-likeness (QED) is 0.697. The molecule has 0 saturated carbocycles. The zero-order valence-electron chi connectivity index (χ0n) is 16.4. The van der Waals surface area contributed by atoms with Crippen molar-refractivity contribution in [2.75, 3.05) is 11.9 Å². The topological polar surface area (TPSA) is 47.6 Å². The van der Waals surface area contributed by atoms with Crippen molar-refractivity contribution >= 4 is 28.0 Å². The summed E-state index contributed by atoms with van der Waals surface area (Å²) < 4.78 is 11.9. The van der Waals surface area contributed by atoms with Gasteiger partial charge in [0.25, 0.3) is 0 Å². The van der Waals surface area contributed by atoms with Crippen LogP contribution in [0.25, 0.3) is 5.76 Å². The van der Waals surface area contributed by atoms with Crippen LogP contribution in [-0.4, -0.2) is 18.1 Å². The maximum absolute atomic E-state index is 12.6. The maximum Gasteiger partial charge on any atom is 0.229 e. The van der Waals surface area contributed by atoms with E-state index in [-0.39, 0.29) is 11.5 Å². The zero-order valence-corrected chi connectivity index (χ0v) is 17.2. The van der Waals surface area contributed by atoms with Crippen LogP contribution in [0.3, 0.4) is 0 Å². The number of hydrogen-bond acceptors (Lipinski definition) is 4. The number of rotatable bonds is 6. The van der Waals surface area contributed by atoms with Crippen LogP contribution in [0.15, 0.2) is 36.4 Å². The van der Waals surface area contributed by atoms with Crippen molar-refractivity contribution in [3.8, 4) is 0 Å². The molecule has 0 unspecified atom stereocenters. The average Bonchev–Trinajstić information content (AvgIpc) is 2.96. The summed E-state index contributed by atoms with van der Waals surface area (Å²) in [5.41, 5.74) is 3.02. The van der Waals surface area contributed by atoms with Crippen molar-refractivity contribution in [1.29, 1.82) is 0 Å². The molecule has 0 saturated heterocycles. The lowest BCUT2D eigenvalue weighted by atomic mass is 9.92. The van der Waals surface area contributed by atoms with E-state index in [2.05, 4.69) is 19.2 Å². The van der Waals surface area contributed by atoms with Gasteiger partial charge in [0, 0.05) is 11.3 Å². The van der Waals surface area contributed by atoms with Crippen LogP contribution < -0.4 is 5.32 Å². The van der Waals surface area contributed by atoms with Crippen molar-refractivity contribution < 1.29 is 14.3 Å². The molecule has 5 heteroatoms. The molecular weight excluding hydrogens is 358 g/mol. The second-order valence-corrected chi connectivity index (χ2v) is 8.33. The van der Waals surface area contributed by atoms with Crippen molar-refractivity contribution in [3.63, 3.8) is 0 Å². The lowest BCUT2D eigenvalue weighted by Crippen LogP contribution is -2.31. The monoisotopic (exact) mass is 385 g/mol. The maximum atomic E-state index is 12.6. The summed E-state index contributed by atoms with van der Waals surface area (Å²) >= 11 is 1.59. The number of carbonyl (C=O) groups is 1. The Kier molecular flexibility index (Phi) is 6.02. The summed E-state index contributed by atoms with van der Waals surface area (Å²) in [7, 11) is 0. The smallest absolute Gasteiger partial charge is 0.229 e. The number of ether oxygens (including phenoxy) is 2. The Morgan fingerprint density at radius 1 is 1.33 bits per heavy atom. The normalized spacial score (nSPS) is 15.9. The highest BCUT2D eigenvalue weighted by molar-refractivity contribution is 7.16. The molecule has 1 N–H and O–H groups in total. The number of nitrogens with one attached hydrogen (secondary N) is 1. The van der Waals surface area contributed by atoms with E-state index < -0.39 is 0 Å². The largest absolute Gasteiger partial charge is 0.493 e. The molecule has 4 nitrogen and oxygen atoms in total. The third-order valence-corrected chi connectivity index (χ3v) is 5.68. The van der Waals surface area contributed by atoms with E-state index in [1.54, 1.807) is 11.3 Å². The van der Waals surface area contributed by atoms with Gasteiger partial charge in [-0.05, 0) is 44.9 Å². The molecule has 0 bridgehead atoms. The minimum Gasteiger partial charge on any atom is -0.493 e. The molecule has 0 spiro atoms. The Morgan fingerprint density at radius 2 is 2.07 bits per heavy atom. The molecule has 1 amide bonds. The molecule has 2 heterocycles. The van der Waals surface area contributed by atoms with E-state index in [4.69, 9.17) is 9.47 Å². The predicted molar refractivity (Wildman–Crippen MR) is 111 cm³/mol. The van der Waals surface area contributed by atoms with Gasteiger partial charge in [0.05, 0.1) is 30.8 Å². The van der Waals surface area contributed by atoms with Crippen molar-refractivity contribution in [1.82, 2.24) is 0 Å². The van der Waals surface area contributed by atoms with Crippen LogP contribution in [0, 0.1) is 0 Å². The molecule has 0 atom stereocenters. The lowest BCUT2D eigenvalue weighted by Gasteiger charge is -2.30. The lowest BCUT2D eigenvalue weighted by molar-refractivity contribution is -0.115. The summed E-state index contributed by atoms with van der Waals surface area (Å²) in [5, 5.41) is 3.97. The van der Waals surface area contributed by atoms with Gasteiger partial charge in [-0.1, -0.05) is 30.3 Å². The third-order valence-electron chi connectivity index (χ3n) is 4.56. The molecule has 0 fully saturated rings. The molecule has 27 heavy (non-hydrogen) atoms. The van der Waals surface area contributed by atoms with E-state index in [1.165, 1.54) is 10.4 Å². The van der Waals surface area contributed by atoms with E-state index in [0.29, 0.717) is 19.6 Å². The molecule has 1 aromatic carbocycles. The van der Waals surface area contributed by atoms with Crippen molar-refractivity contribution in [2.24, 2.45) is 0 Å². The van der Waals surface area contributed by atoms with Gasteiger partial charge in [0.1, 0.15) is 10.8 Å². The van der Waals surface area contributed by atoms with Crippen LogP contribution in [0.5, 0.6) is 0 Å². The van der Waals surface area contributed by atoms with E-state index in [9.17, 15) is 4.79 Å². The molecule has 1 aliphatic rings. The van der Waals surface area contributed by atoms with Crippen LogP contribution in [0.2, 0.25) is 0 Å². The molecule has 3 rings (SSSR count). The Bertz CT molecular complexity index is 837.